The average Bonchev–Trinajstić information content (AvgIpc) is 2.40. The van der Waals surface area contributed by atoms with Crippen molar-refractivity contribution in [1.29, 1.82) is 0 Å². The van der Waals surface area contributed by atoms with Crippen molar-refractivity contribution in [1.82, 2.24) is 15.3 Å². The Morgan fingerprint density at radius 1 is 1.28 bits per heavy atom. The van der Waals surface area contributed by atoms with E-state index in [1.807, 2.05) is 26.2 Å². The van der Waals surface area contributed by atoms with Crippen LogP contribution in [0, 0.1) is 6.92 Å². The minimum atomic E-state index is 0.123. The molecule has 0 saturated heterocycles. The summed E-state index contributed by atoms with van der Waals surface area (Å²) >= 11 is 0. The molecule has 3 heteroatoms. The quantitative estimate of drug-likeness (QED) is 0.894. The molecule has 3 nitrogen and oxygen atoms in total. The lowest BCUT2D eigenvalue weighted by Gasteiger charge is -2.17. The Hall–Kier alpha value is -1.74. The van der Waals surface area contributed by atoms with Crippen molar-refractivity contribution < 1.29 is 0 Å². The summed E-state index contributed by atoms with van der Waals surface area (Å²) in [5, 5.41) is 3.32. The number of hydrogen-bond donors (Lipinski definition) is 1. The molecule has 0 fully saturated rings. The molecule has 0 amide bonds. The van der Waals surface area contributed by atoms with Crippen molar-refractivity contribution in [2.75, 3.05) is 7.05 Å². The number of hydrogen-bond acceptors (Lipinski definition) is 3. The molecule has 2 aromatic rings. The predicted molar refractivity (Wildman–Crippen MR) is 73.5 cm³/mol. The molecule has 2 rings (SSSR count). The third kappa shape index (κ3) is 2.74. The van der Waals surface area contributed by atoms with Gasteiger partial charge in [0.15, 0.2) is 0 Å². The maximum Gasteiger partial charge on any atom is 0.125 e. The van der Waals surface area contributed by atoms with E-state index in [9.17, 15) is 0 Å². The van der Waals surface area contributed by atoms with Gasteiger partial charge >= 0.3 is 0 Å². The zero-order chi connectivity index (χ0) is 13.0. The topological polar surface area (TPSA) is 37.8 Å². The summed E-state index contributed by atoms with van der Waals surface area (Å²) in [5.74, 6) is 0.805. The summed E-state index contributed by atoms with van der Waals surface area (Å²) in [5.41, 5.74) is 3.60. The van der Waals surface area contributed by atoms with E-state index in [0.29, 0.717) is 0 Å². The average molecular weight is 241 g/mol. The van der Waals surface area contributed by atoms with Crippen LogP contribution in [0.3, 0.4) is 0 Å². The summed E-state index contributed by atoms with van der Waals surface area (Å²) in [6.45, 7) is 4.08. The molecule has 1 aromatic carbocycles. The fourth-order valence-electron chi connectivity index (χ4n) is 2.11. The summed E-state index contributed by atoms with van der Waals surface area (Å²) in [4.78, 5) is 8.65. The highest BCUT2D eigenvalue weighted by molar-refractivity contribution is 5.31. The minimum absolute atomic E-state index is 0.123. The van der Waals surface area contributed by atoms with Crippen LogP contribution in [0.25, 0.3) is 0 Å². The van der Waals surface area contributed by atoms with Gasteiger partial charge in [0, 0.05) is 6.20 Å². The minimum Gasteiger partial charge on any atom is -0.308 e. The van der Waals surface area contributed by atoms with Crippen LogP contribution in [-0.2, 0) is 6.42 Å². The molecule has 0 bridgehead atoms. The number of benzene rings is 1. The van der Waals surface area contributed by atoms with Gasteiger partial charge in [0.25, 0.3) is 0 Å². The molecule has 0 radical (unpaired) electrons. The normalized spacial score (nSPS) is 12.4. The zero-order valence-corrected chi connectivity index (χ0v) is 11.1. The fourth-order valence-corrected chi connectivity index (χ4v) is 2.11. The van der Waals surface area contributed by atoms with Gasteiger partial charge in [0.05, 0.1) is 11.7 Å². The van der Waals surface area contributed by atoms with Gasteiger partial charge in [-0.1, -0.05) is 31.2 Å². The van der Waals surface area contributed by atoms with Gasteiger partial charge in [-0.3, -0.25) is 0 Å². The number of aryl methyl sites for hydroxylation is 2. The highest BCUT2D eigenvalue weighted by Gasteiger charge is 2.13. The predicted octanol–water partition coefficient (Wildman–Crippen LogP) is 2.66. The largest absolute Gasteiger partial charge is 0.308 e. The highest BCUT2D eigenvalue weighted by atomic mass is 14.9. The van der Waals surface area contributed by atoms with Crippen LogP contribution in [0.5, 0.6) is 0 Å². The fraction of sp³-hybridized carbons (Fsp3) is 0.333. The van der Waals surface area contributed by atoms with Gasteiger partial charge in [0.2, 0.25) is 0 Å². The van der Waals surface area contributed by atoms with E-state index in [1.165, 1.54) is 11.1 Å². The smallest absolute Gasteiger partial charge is 0.125 e. The van der Waals surface area contributed by atoms with Gasteiger partial charge in [-0.15, -0.1) is 0 Å². The van der Waals surface area contributed by atoms with Crippen molar-refractivity contribution in [2.45, 2.75) is 26.3 Å². The van der Waals surface area contributed by atoms with Crippen LogP contribution < -0.4 is 5.32 Å². The Kier molecular flexibility index (Phi) is 4.05. The first-order valence-corrected chi connectivity index (χ1v) is 6.30. The van der Waals surface area contributed by atoms with Crippen LogP contribution in [0.4, 0.5) is 0 Å². The molecule has 1 aromatic heterocycles. The monoisotopic (exact) mass is 241 g/mol. The van der Waals surface area contributed by atoms with Crippen LogP contribution in [0.1, 0.15) is 35.6 Å². The Morgan fingerprint density at radius 2 is 2.11 bits per heavy atom. The molecule has 0 aliphatic rings. The molecule has 0 saturated carbocycles. The second kappa shape index (κ2) is 5.74. The first kappa shape index (κ1) is 12.7. The second-order valence-electron chi connectivity index (χ2n) is 4.35. The third-order valence-corrected chi connectivity index (χ3v) is 3.07. The molecule has 1 heterocycles. The molecule has 94 valence electrons. The Bertz CT molecular complexity index is 523. The lowest BCUT2D eigenvalue weighted by atomic mass is 10.0. The lowest BCUT2D eigenvalue weighted by molar-refractivity contribution is 0.663. The molecule has 0 aliphatic heterocycles. The zero-order valence-electron chi connectivity index (χ0n) is 11.1. The van der Waals surface area contributed by atoms with Crippen molar-refractivity contribution >= 4 is 0 Å². The van der Waals surface area contributed by atoms with Crippen molar-refractivity contribution in [3.8, 4) is 0 Å². The first-order valence-electron chi connectivity index (χ1n) is 6.30. The Morgan fingerprint density at radius 3 is 2.78 bits per heavy atom. The SMILES string of the molecule is CCc1cccc(C(NC)c2ccnc(C)n2)c1. The van der Waals surface area contributed by atoms with Gasteiger partial charge in [0.1, 0.15) is 5.82 Å². The van der Waals surface area contributed by atoms with Gasteiger partial charge in [-0.2, -0.15) is 0 Å². The van der Waals surface area contributed by atoms with Crippen molar-refractivity contribution in [3.63, 3.8) is 0 Å². The van der Waals surface area contributed by atoms with Crippen molar-refractivity contribution in [3.05, 3.63) is 59.2 Å². The Balaban J connectivity index is 2.38. The van der Waals surface area contributed by atoms with E-state index in [0.717, 1.165) is 17.9 Å². The standard InChI is InChI=1S/C15H19N3/c1-4-12-6-5-7-13(10-12)15(16-3)14-8-9-17-11(2)18-14/h5-10,15-16H,4H2,1-3H3. The van der Waals surface area contributed by atoms with Crippen LogP contribution in [-0.4, -0.2) is 17.0 Å². The van der Waals surface area contributed by atoms with Crippen LogP contribution in [0.15, 0.2) is 36.5 Å². The van der Waals surface area contributed by atoms with E-state index in [-0.39, 0.29) is 6.04 Å². The maximum absolute atomic E-state index is 4.50. The van der Waals surface area contributed by atoms with E-state index >= 15 is 0 Å². The molecular weight excluding hydrogens is 222 g/mol. The van der Waals surface area contributed by atoms with Crippen LogP contribution in [0.2, 0.25) is 0 Å². The third-order valence-electron chi connectivity index (χ3n) is 3.07. The lowest BCUT2D eigenvalue weighted by Crippen LogP contribution is -2.19. The summed E-state index contributed by atoms with van der Waals surface area (Å²) < 4.78 is 0. The van der Waals surface area contributed by atoms with Crippen LogP contribution >= 0.6 is 0 Å². The molecule has 1 N–H and O–H groups in total. The molecular formula is C15H19N3. The summed E-state index contributed by atoms with van der Waals surface area (Å²) in [6.07, 6.45) is 2.86. The molecule has 1 atom stereocenters. The number of aromatic nitrogens is 2. The summed E-state index contributed by atoms with van der Waals surface area (Å²) in [6, 6.07) is 10.7. The Labute approximate surface area is 108 Å². The van der Waals surface area contributed by atoms with E-state index < -0.39 is 0 Å². The molecule has 1 unspecified atom stereocenters. The van der Waals surface area contributed by atoms with Gasteiger partial charge in [-0.25, -0.2) is 9.97 Å². The number of nitrogens with zero attached hydrogens (tertiary/aromatic N) is 2. The maximum atomic E-state index is 4.50. The van der Waals surface area contributed by atoms with Gasteiger partial charge in [-0.05, 0) is 37.6 Å². The van der Waals surface area contributed by atoms with Crippen molar-refractivity contribution in [2.24, 2.45) is 0 Å². The van der Waals surface area contributed by atoms with E-state index in [4.69, 9.17) is 0 Å². The molecule has 0 aliphatic carbocycles. The highest BCUT2D eigenvalue weighted by Crippen LogP contribution is 2.21. The second-order valence-corrected chi connectivity index (χ2v) is 4.35. The number of rotatable bonds is 4. The first-order chi connectivity index (χ1) is 8.74. The molecule has 18 heavy (non-hydrogen) atoms. The number of nitrogens with one attached hydrogen (secondary N) is 1. The van der Waals surface area contributed by atoms with E-state index in [2.05, 4.69) is 46.5 Å². The van der Waals surface area contributed by atoms with Gasteiger partial charge < -0.3 is 5.32 Å². The van der Waals surface area contributed by atoms with E-state index in [1.54, 1.807) is 0 Å². The molecule has 0 spiro atoms. The summed E-state index contributed by atoms with van der Waals surface area (Å²) in [7, 11) is 1.96.